The summed E-state index contributed by atoms with van der Waals surface area (Å²) in [5, 5.41) is 2.56. The van der Waals surface area contributed by atoms with Crippen molar-refractivity contribution in [3.8, 4) is 0 Å². The van der Waals surface area contributed by atoms with Crippen LogP contribution in [0.25, 0.3) is 0 Å². The van der Waals surface area contributed by atoms with Crippen molar-refractivity contribution in [2.24, 2.45) is 23.5 Å². The van der Waals surface area contributed by atoms with E-state index in [1.165, 1.54) is 13.2 Å². The maximum absolute atomic E-state index is 13.4. The fourth-order valence-electron chi connectivity index (χ4n) is 5.27. The molecule has 0 aromatic heterocycles. The van der Waals surface area contributed by atoms with E-state index in [0.29, 0.717) is 12.0 Å². The molecule has 2 bridgehead atoms. The van der Waals surface area contributed by atoms with E-state index in [4.69, 9.17) is 24.7 Å². The van der Waals surface area contributed by atoms with E-state index in [-0.39, 0.29) is 29.0 Å². The molecule has 1 aliphatic heterocycles. The summed E-state index contributed by atoms with van der Waals surface area (Å²) in [6, 6.07) is 0. The minimum absolute atomic E-state index is 0.119. The first kappa shape index (κ1) is 32.9. The van der Waals surface area contributed by atoms with E-state index in [2.05, 4.69) is 5.32 Å². The lowest BCUT2D eigenvalue weighted by Crippen LogP contribution is -2.40. The number of hydrogen-bond acceptors (Lipinski definition) is 8. The van der Waals surface area contributed by atoms with Gasteiger partial charge in [-0.2, -0.15) is 0 Å². The number of ketones is 2. The zero-order valence-electron chi connectivity index (χ0n) is 24.6. The van der Waals surface area contributed by atoms with Crippen molar-refractivity contribution in [1.82, 2.24) is 5.32 Å². The van der Waals surface area contributed by atoms with Crippen molar-refractivity contribution in [2.45, 2.75) is 65.5 Å². The Hall–Kier alpha value is -3.34. The monoisotopic (exact) mass is 558 g/mol. The third-order valence-corrected chi connectivity index (χ3v) is 7.29. The number of ether oxygens (including phenoxy) is 4. The maximum atomic E-state index is 13.4. The molecule has 0 spiro atoms. The van der Waals surface area contributed by atoms with Crippen LogP contribution in [0, 0.1) is 17.8 Å². The molecule has 0 saturated heterocycles. The van der Waals surface area contributed by atoms with Gasteiger partial charge in [-0.1, -0.05) is 45.1 Å². The summed E-state index contributed by atoms with van der Waals surface area (Å²) in [7, 11) is 4.64. The molecule has 0 saturated carbocycles. The highest BCUT2D eigenvalue weighted by Crippen LogP contribution is 2.30. The second-order valence-electron chi connectivity index (χ2n) is 10.4. The van der Waals surface area contributed by atoms with Crippen LogP contribution in [-0.2, 0) is 33.3 Å². The van der Waals surface area contributed by atoms with Gasteiger partial charge >= 0.3 is 6.09 Å². The fraction of sp³-hybridized carbons (Fsp3) is 0.533. The number of nitrogens with two attached hydrogens (primary N) is 1. The van der Waals surface area contributed by atoms with Gasteiger partial charge in [-0.15, -0.1) is 0 Å². The van der Waals surface area contributed by atoms with Crippen LogP contribution >= 0.6 is 0 Å². The van der Waals surface area contributed by atoms with Crippen LogP contribution in [-0.4, -0.2) is 69.3 Å². The molecule has 220 valence electrons. The molecule has 0 aromatic rings. The van der Waals surface area contributed by atoms with E-state index < -0.39 is 48.0 Å². The van der Waals surface area contributed by atoms with Gasteiger partial charge in [-0.05, 0) is 37.8 Å². The number of allylic oxidation sites excluding steroid dienone is 5. The van der Waals surface area contributed by atoms with Crippen LogP contribution in [0.1, 0.15) is 41.0 Å². The average Bonchev–Trinajstić information content (AvgIpc) is 2.88. The SMILES string of the molecule is CO[C@H]1[C@H](C)/C=C(\C)C(OC(N)=O)[C@@H](C)/C=C\C=C(/C)C(=O)NC2=CC(=O)C=C(C2=O)[C@H](OC)[C@@H](C)C[C@H]1OC. The molecule has 0 aromatic carbocycles. The number of primary amides is 1. The van der Waals surface area contributed by atoms with Gasteiger partial charge in [0.05, 0.1) is 24.0 Å². The van der Waals surface area contributed by atoms with E-state index in [9.17, 15) is 19.2 Å². The highest BCUT2D eigenvalue weighted by atomic mass is 16.6. The number of fused-ring (bicyclic) bond motifs is 2. The Kier molecular flexibility index (Phi) is 12.2. The zero-order valence-corrected chi connectivity index (χ0v) is 24.6. The van der Waals surface area contributed by atoms with Crippen molar-refractivity contribution in [1.29, 1.82) is 0 Å². The Balaban J connectivity index is 2.62. The lowest BCUT2D eigenvalue weighted by molar-refractivity contribution is -0.120. The number of nitrogens with one attached hydrogen (secondary N) is 1. The lowest BCUT2D eigenvalue weighted by atomic mass is 9.83. The first-order valence-electron chi connectivity index (χ1n) is 13.3. The molecule has 0 fully saturated rings. The number of carbonyl (C=O) groups excluding carboxylic acids is 4. The van der Waals surface area contributed by atoms with Gasteiger partial charge in [0.1, 0.15) is 6.10 Å². The molecule has 7 atom stereocenters. The van der Waals surface area contributed by atoms with Gasteiger partial charge in [0.15, 0.2) is 5.78 Å². The van der Waals surface area contributed by atoms with Crippen LogP contribution in [0.5, 0.6) is 0 Å². The van der Waals surface area contributed by atoms with Crippen molar-refractivity contribution in [2.75, 3.05) is 21.3 Å². The molecule has 1 unspecified atom stereocenters. The third-order valence-electron chi connectivity index (χ3n) is 7.29. The maximum Gasteiger partial charge on any atom is 0.405 e. The Labute approximate surface area is 236 Å². The van der Waals surface area contributed by atoms with Gasteiger partial charge in [0, 0.05) is 50.4 Å². The predicted octanol–water partition coefficient (Wildman–Crippen LogP) is 3.33. The smallest absolute Gasteiger partial charge is 0.405 e. The molecule has 10 nitrogen and oxygen atoms in total. The van der Waals surface area contributed by atoms with Crippen molar-refractivity contribution in [3.63, 3.8) is 0 Å². The fourth-order valence-corrected chi connectivity index (χ4v) is 5.27. The Morgan fingerprint density at radius 1 is 0.950 bits per heavy atom. The number of methoxy groups -OCH3 is 3. The molecule has 2 aliphatic rings. The Morgan fingerprint density at radius 2 is 1.62 bits per heavy atom. The number of carbonyl (C=O) groups is 4. The van der Waals surface area contributed by atoms with Crippen molar-refractivity contribution >= 4 is 23.6 Å². The van der Waals surface area contributed by atoms with Crippen LogP contribution in [0.3, 0.4) is 0 Å². The molecule has 40 heavy (non-hydrogen) atoms. The van der Waals surface area contributed by atoms with E-state index in [0.717, 1.165) is 11.6 Å². The summed E-state index contributed by atoms with van der Waals surface area (Å²) in [6.45, 7) is 9.17. The number of Topliss-reactive ketones (excluding diaryl/α,β-unsaturated/α-hetero) is 1. The average molecular weight is 559 g/mol. The summed E-state index contributed by atoms with van der Waals surface area (Å²) in [6.07, 6.45) is 6.65. The second-order valence-corrected chi connectivity index (χ2v) is 10.4. The van der Waals surface area contributed by atoms with E-state index in [1.54, 1.807) is 39.4 Å². The molecule has 1 heterocycles. The van der Waals surface area contributed by atoms with Gasteiger partial charge in [0.25, 0.3) is 5.91 Å². The lowest BCUT2D eigenvalue weighted by Gasteiger charge is -2.34. The van der Waals surface area contributed by atoms with Crippen molar-refractivity contribution < 1.29 is 38.1 Å². The molecular weight excluding hydrogens is 516 g/mol. The van der Waals surface area contributed by atoms with Crippen LogP contribution in [0.2, 0.25) is 0 Å². The number of hydrogen-bond donors (Lipinski definition) is 2. The normalized spacial score (nSPS) is 34.4. The van der Waals surface area contributed by atoms with Gasteiger partial charge in [-0.25, -0.2) is 4.79 Å². The molecule has 0 radical (unpaired) electrons. The second kappa shape index (κ2) is 14.9. The first-order valence-corrected chi connectivity index (χ1v) is 13.3. The minimum atomic E-state index is -0.902. The number of rotatable bonds is 4. The summed E-state index contributed by atoms with van der Waals surface area (Å²) >= 11 is 0. The zero-order chi connectivity index (χ0) is 30.1. The van der Waals surface area contributed by atoms with Crippen LogP contribution in [0.15, 0.2) is 58.9 Å². The molecule has 2 amide bonds. The van der Waals surface area contributed by atoms with E-state index in [1.807, 2.05) is 33.8 Å². The van der Waals surface area contributed by atoms with Crippen molar-refractivity contribution in [3.05, 3.63) is 58.9 Å². The first-order chi connectivity index (χ1) is 18.8. The Morgan fingerprint density at radius 3 is 2.20 bits per heavy atom. The highest BCUT2D eigenvalue weighted by Gasteiger charge is 2.36. The minimum Gasteiger partial charge on any atom is -0.441 e. The number of amides is 2. The predicted molar refractivity (Wildman–Crippen MR) is 150 cm³/mol. The molecule has 1 aliphatic carbocycles. The van der Waals surface area contributed by atoms with Gasteiger partial charge < -0.3 is 30.0 Å². The molecule has 3 N–H and O–H groups in total. The van der Waals surface area contributed by atoms with E-state index >= 15 is 0 Å². The summed E-state index contributed by atoms with van der Waals surface area (Å²) in [5.41, 5.74) is 6.49. The van der Waals surface area contributed by atoms with Gasteiger partial charge in [0.2, 0.25) is 5.78 Å². The Bertz CT molecular complexity index is 1130. The third kappa shape index (κ3) is 8.33. The highest BCUT2D eigenvalue weighted by molar-refractivity contribution is 6.22. The summed E-state index contributed by atoms with van der Waals surface area (Å²) in [5.74, 6) is -2.19. The topological polar surface area (TPSA) is 143 Å². The molecule has 2 rings (SSSR count). The standard InChI is InChI=1S/C30H42N2O8/c1-16-10-9-11-17(2)29(35)32-23-15-21(33)14-22(25(23)34)27(38-7)20(5)13-24(37-6)28(39-8)19(4)12-18(3)26(16)40-30(31)36/h9-12,14-16,19-20,24,26-28H,13H2,1-8H3,(H2,31,36)(H,32,35)/b10-9-,17-11+,18-12+/t16-,19+,20-,24+,26?,27+,28-/m0/s1. The van der Waals surface area contributed by atoms with Crippen LogP contribution < -0.4 is 11.1 Å². The molecule has 10 heteroatoms. The largest absolute Gasteiger partial charge is 0.441 e. The molecular formula is C30H42N2O8. The van der Waals surface area contributed by atoms with Gasteiger partial charge in [-0.3, -0.25) is 14.4 Å². The van der Waals surface area contributed by atoms with Crippen LogP contribution in [0.4, 0.5) is 4.79 Å². The summed E-state index contributed by atoms with van der Waals surface area (Å²) < 4.78 is 22.9. The summed E-state index contributed by atoms with van der Waals surface area (Å²) in [4.78, 5) is 50.5. The quantitative estimate of drug-likeness (QED) is 0.395.